The number of rotatable bonds is 9. The van der Waals surface area contributed by atoms with Gasteiger partial charge in [-0.1, -0.05) is 81.4 Å². The Labute approximate surface area is 230 Å². The summed E-state index contributed by atoms with van der Waals surface area (Å²) in [4.78, 5) is 43.6. The molecule has 0 aliphatic carbocycles. The largest absolute Gasteiger partial charge is 0.394 e. The lowest BCUT2D eigenvalue weighted by atomic mass is 9.62. The second-order valence-corrected chi connectivity index (χ2v) is 11.9. The lowest BCUT2D eigenvalue weighted by molar-refractivity contribution is -0.152. The Bertz CT molecular complexity index is 1220. The Morgan fingerprint density at radius 3 is 2.05 bits per heavy atom. The van der Waals surface area contributed by atoms with E-state index in [0.717, 1.165) is 11.1 Å². The van der Waals surface area contributed by atoms with Crippen molar-refractivity contribution >= 4 is 17.7 Å². The summed E-state index contributed by atoms with van der Waals surface area (Å²) in [6, 6.07) is 17.7. The van der Waals surface area contributed by atoms with Crippen molar-refractivity contribution in [3.8, 4) is 0 Å². The number of aliphatic hydroxyl groups excluding tert-OH is 1. The summed E-state index contributed by atoms with van der Waals surface area (Å²) in [6.45, 7) is 8.13. The number of likely N-dealkylation sites (tertiary alicyclic amines) is 1. The highest BCUT2D eigenvalue weighted by molar-refractivity contribution is 5.99. The van der Waals surface area contributed by atoms with Crippen LogP contribution in [0.1, 0.15) is 45.2 Å². The first-order chi connectivity index (χ1) is 18.6. The maximum Gasteiger partial charge on any atom is 0.246 e. The van der Waals surface area contributed by atoms with Gasteiger partial charge in [-0.25, -0.2) is 0 Å². The minimum Gasteiger partial charge on any atom is -0.394 e. The molecule has 1 spiro atoms. The molecule has 5 rings (SSSR count). The van der Waals surface area contributed by atoms with E-state index in [1.54, 1.807) is 0 Å². The second-order valence-electron chi connectivity index (χ2n) is 11.9. The Balaban J connectivity index is 1.49. The summed E-state index contributed by atoms with van der Waals surface area (Å²) < 4.78 is 6.76. The molecule has 3 unspecified atom stereocenters. The van der Waals surface area contributed by atoms with Gasteiger partial charge in [0.25, 0.3) is 0 Å². The average Bonchev–Trinajstić information content (AvgIpc) is 3.44. The molecule has 39 heavy (non-hydrogen) atoms. The molecule has 0 saturated carbocycles. The molecule has 3 saturated heterocycles. The molecule has 3 aliphatic heterocycles. The first kappa shape index (κ1) is 27.3. The molecule has 3 N–H and O–H groups in total. The van der Waals surface area contributed by atoms with Gasteiger partial charge in [0.05, 0.1) is 30.1 Å². The highest BCUT2D eigenvalue weighted by atomic mass is 16.5. The number of benzene rings is 2. The predicted octanol–water partition coefficient (Wildman–Crippen LogP) is 2.65. The predicted molar refractivity (Wildman–Crippen MR) is 146 cm³/mol. The van der Waals surface area contributed by atoms with E-state index in [-0.39, 0.29) is 36.2 Å². The number of aliphatic hydroxyl groups is 1. The van der Waals surface area contributed by atoms with E-state index in [1.165, 1.54) is 4.90 Å². The van der Waals surface area contributed by atoms with E-state index in [2.05, 4.69) is 10.6 Å². The summed E-state index contributed by atoms with van der Waals surface area (Å²) in [5.74, 6) is -2.58. The minimum absolute atomic E-state index is 0.0509. The van der Waals surface area contributed by atoms with Crippen LogP contribution in [0.4, 0.5) is 0 Å². The number of fused-ring (bicyclic) bond motifs is 1. The van der Waals surface area contributed by atoms with Gasteiger partial charge in [-0.15, -0.1) is 0 Å². The van der Waals surface area contributed by atoms with Crippen LogP contribution in [-0.4, -0.2) is 57.6 Å². The highest BCUT2D eigenvalue weighted by Crippen LogP contribution is 2.65. The van der Waals surface area contributed by atoms with Crippen molar-refractivity contribution in [2.45, 2.75) is 70.5 Å². The second kappa shape index (κ2) is 10.4. The first-order valence-electron chi connectivity index (χ1n) is 13.9. The van der Waals surface area contributed by atoms with Gasteiger partial charge in [-0.3, -0.25) is 14.4 Å². The molecule has 3 heterocycles. The van der Waals surface area contributed by atoms with Gasteiger partial charge in [0.2, 0.25) is 17.7 Å². The fraction of sp³-hybridized carbons (Fsp3) is 0.516. The molecule has 0 radical (unpaired) electrons. The van der Waals surface area contributed by atoms with Crippen molar-refractivity contribution in [3.05, 3.63) is 71.8 Å². The van der Waals surface area contributed by atoms with Crippen molar-refractivity contribution < 1.29 is 24.2 Å². The molecule has 3 amide bonds. The number of nitrogens with one attached hydrogen (secondary N) is 2. The van der Waals surface area contributed by atoms with Gasteiger partial charge >= 0.3 is 0 Å². The van der Waals surface area contributed by atoms with Crippen LogP contribution in [0.25, 0.3) is 0 Å². The summed E-state index contributed by atoms with van der Waals surface area (Å²) in [5.41, 5.74) is -0.144. The number of carbonyl (C=O) groups is 3. The standard InChI is InChI=1S/C31H39N3O5/c1-19(2)23(18-35)34-26(28(37)33-17-22-13-9-6-10-14-22)31-15-20(3)30(4,39-31)24(25(31)29(34)38)27(36)32-16-21-11-7-5-8-12-21/h5-14,19-20,23-26,35H,15-18H2,1-4H3,(H,32,36)(H,33,37)/t20?,23-,24+,25-,26?,30-,31?/m0/s1. The van der Waals surface area contributed by atoms with Gasteiger partial charge in [0.1, 0.15) is 11.6 Å². The fourth-order valence-electron chi connectivity index (χ4n) is 7.13. The molecule has 8 heteroatoms. The molecule has 2 aromatic carbocycles. The topological polar surface area (TPSA) is 108 Å². The zero-order chi connectivity index (χ0) is 27.9. The summed E-state index contributed by atoms with van der Waals surface area (Å²) in [5, 5.41) is 16.4. The van der Waals surface area contributed by atoms with Gasteiger partial charge < -0.3 is 25.4 Å². The van der Waals surface area contributed by atoms with Crippen LogP contribution < -0.4 is 10.6 Å². The number of nitrogens with zero attached hydrogens (tertiary/aromatic N) is 1. The average molecular weight is 534 g/mol. The van der Waals surface area contributed by atoms with Crippen LogP contribution in [0.5, 0.6) is 0 Å². The van der Waals surface area contributed by atoms with Crippen LogP contribution in [0, 0.1) is 23.7 Å². The van der Waals surface area contributed by atoms with Crippen molar-refractivity contribution in [2.24, 2.45) is 23.7 Å². The maximum atomic E-state index is 14.3. The number of amides is 3. The molecule has 2 aromatic rings. The molecule has 8 nitrogen and oxygen atoms in total. The van der Waals surface area contributed by atoms with E-state index < -0.39 is 35.1 Å². The van der Waals surface area contributed by atoms with E-state index in [0.29, 0.717) is 19.5 Å². The lowest BCUT2D eigenvalue weighted by Gasteiger charge is -2.38. The quantitative estimate of drug-likeness (QED) is 0.459. The maximum absolute atomic E-state index is 14.3. The Morgan fingerprint density at radius 2 is 1.54 bits per heavy atom. The number of carbonyl (C=O) groups excluding carboxylic acids is 3. The zero-order valence-corrected chi connectivity index (χ0v) is 23.1. The van der Waals surface area contributed by atoms with Crippen LogP contribution >= 0.6 is 0 Å². The van der Waals surface area contributed by atoms with Gasteiger partial charge in [0, 0.05) is 13.1 Å². The normalized spacial score (nSPS) is 31.8. The van der Waals surface area contributed by atoms with E-state index in [4.69, 9.17) is 4.74 Å². The fourth-order valence-corrected chi connectivity index (χ4v) is 7.13. The van der Waals surface area contributed by atoms with Gasteiger partial charge in [0.15, 0.2) is 0 Å². The minimum atomic E-state index is -1.15. The number of hydrogen-bond acceptors (Lipinski definition) is 5. The van der Waals surface area contributed by atoms with E-state index in [9.17, 15) is 19.5 Å². The molecule has 7 atom stereocenters. The number of ether oxygens (including phenoxy) is 1. The molecular weight excluding hydrogens is 494 g/mol. The Kier molecular flexibility index (Phi) is 7.29. The lowest BCUT2D eigenvalue weighted by Crippen LogP contribution is -2.59. The van der Waals surface area contributed by atoms with E-state index >= 15 is 0 Å². The molecular formula is C31H39N3O5. The van der Waals surface area contributed by atoms with Crippen molar-refractivity contribution in [2.75, 3.05) is 6.61 Å². The van der Waals surface area contributed by atoms with Gasteiger partial charge in [-0.05, 0) is 36.3 Å². The van der Waals surface area contributed by atoms with Crippen molar-refractivity contribution in [1.29, 1.82) is 0 Å². The summed E-state index contributed by atoms with van der Waals surface area (Å²) >= 11 is 0. The van der Waals surface area contributed by atoms with Crippen LogP contribution in [0.3, 0.4) is 0 Å². The Morgan fingerprint density at radius 1 is 1.00 bits per heavy atom. The van der Waals surface area contributed by atoms with Crippen LogP contribution in [0.2, 0.25) is 0 Å². The molecule has 3 fully saturated rings. The highest BCUT2D eigenvalue weighted by Gasteiger charge is 2.80. The van der Waals surface area contributed by atoms with Crippen molar-refractivity contribution in [1.82, 2.24) is 15.5 Å². The monoisotopic (exact) mass is 533 g/mol. The zero-order valence-electron chi connectivity index (χ0n) is 23.1. The molecule has 3 aliphatic rings. The smallest absolute Gasteiger partial charge is 0.246 e. The Hall–Kier alpha value is -3.23. The third kappa shape index (κ3) is 4.43. The van der Waals surface area contributed by atoms with E-state index in [1.807, 2.05) is 88.4 Å². The SMILES string of the molecule is CC(C)[C@H](CO)N1C(=O)[C@@H]2[C@H](C(=O)NCc3ccccc3)[C@@]3(C)OC2(CC3C)C1C(=O)NCc1ccccc1. The molecule has 208 valence electrons. The summed E-state index contributed by atoms with van der Waals surface area (Å²) in [7, 11) is 0. The van der Waals surface area contributed by atoms with Crippen LogP contribution in [0.15, 0.2) is 60.7 Å². The first-order valence-corrected chi connectivity index (χ1v) is 13.9. The third-order valence-corrected chi connectivity index (χ3v) is 9.22. The van der Waals surface area contributed by atoms with Gasteiger partial charge in [-0.2, -0.15) is 0 Å². The number of hydrogen-bond donors (Lipinski definition) is 3. The molecule has 2 bridgehead atoms. The summed E-state index contributed by atoms with van der Waals surface area (Å²) in [6.07, 6.45) is 0.485. The third-order valence-electron chi connectivity index (χ3n) is 9.22. The molecule has 0 aromatic heterocycles. The van der Waals surface area contributed by atoms with Crippen LogP contribution in [-0.2, 0) is 32.2 Å². The van der Waals surface area contributed by atoms with Crippen molar-refractivity contribution in [3.63, 3.8) is 0 Å².